The summed E-state index contributed by atoms with van der Waals surface area (Å²) in [5.41, 5.74) is 1.79. The van der Waals surface area contributed by atoms with Crippen LogP contribution < -0.4 is 4.74 Å². The summed E-state index contributed by atoms with van der Waals surface area (Å²) in [7, 11) is 1.58. The van der Waals surface area contributed by atoms with Gasteiger partial charge in [0.1, 0.15) is 12.2 Å². The standard InChI is InChI=1S/C14H16N2O4/c1-4-19-13(17)8-12-15-14(16-20-12)10-6-5-9(2)7-11(10)18-3/h5-7H,4,8H2,1-3H3. The van der Waals surface area contributed by atoms with E-state index in [9.17, 15) is 4.79 Å². The zero-order valence-electron chi connectivity index (χ0n) is 11.7. The second kappa shape index (κ2) is 6.18. The van der Waals surface area contributed by atoms with Crippen molar-refractivity contribution in [2.45, 2.75) is 20.3 Å². The van der Waals surface area contributed by atoms with Gasteiger partial charge in [0.2, 0.25) is 11.7 Å². The van der Waals surface area contributed by atoms with Crippen molar-refractivity contribution >= 4 is 5.97 Å². The minimum absolute atomic E-state index is 0.0327. The summed E-state index contributed by atoms with van der Waals surface area (Å²) in [6.45, 7) is 4.04. The Morgan fingerprint density at radius 3 is 2.90 bits per heavy atom. The molecule has 0 atom stereocenters. The van der Waals surface area contributed by atoms with Crippen LogP contribution in [-0.4, -0.2) is 29.8 Å². The Balaban J connectivity index is 2.22. The van der Waals surface area contributed by atoms with Gasteiger partial charge in [0, 0.05) is 0 Å². The number of ether oxygens (including phenoxy) is 2. The number of carbonyl (C=O) groups is 1. The fourth-order valence-electron chi connectivity index (χ4n) is 1.75. The van der Waals surface area contributed by atoms with E-state index >= 15 is 0 Å². The van der Waals surface area contributed by atoms with Gasteiger partial charge < -0.3 is 14.0 Å². The zero-order chi connectivity index (χ0) is 14.5. The summed E-state index contributed by atoms with van der Waals surface area (Å²) >= 11 is 0. The van der Waals surface area contributed by atoms with Gasteiger partial charge in [0.25, 0.3) is 0 Å². The van der Waals surface area contributed by atoms with E-state index in [1.54, 1.807) is 14.0 Å². The van der Waals surface area contributed by atoms with Crippen LogP contribution in [0.25, 0.3) is 11.4 Å². The normalized spacial score (nSPS) is 10.3. The maximum atomic E-state index is 11.4. The number of hydrogen-bond acceptors (Lipinski definition) is 6. The molecule has 0 amide bonds. The van der Waals surface area contributed by atoms with Crippen LogP contribution >= 0.6 is 0 Å². The summed E-state index contributed by atoms with van der Waals surface area (Å²) in [5.74, 6) is 0.884. The van der Waals surface area contributed by atoms with E-state index in [0.29, 0.717) is 18.2 Å². The Kier molecular flexibility index (Phi) is 4.34. The summed E-state index contributed by atoms with van der Waals surface area (Å²) in [5, 5.41) is 3.86. The van der Waals surface area contributed by atoms with E-state index in [0.717, 1.165) is 11.1 Å². The smallest absolute Gasteiger partial charge is 0.315 e. The molecule has 0 aliphatic carbocycles. The molecule has 1 aromatic heterocycles. The minimum atomic E-state index is -0.390. The lowest BCUT2D eigenvalue weighted by Crippen LogP contribution is -2.07. The molecular formula is C14H16N2O4. The molecule has 0 aliphatic rings. The number of hydrogen-bond donors (Lipinski definition) is 0. The summed E-state index contributed by atoms with van der Waals surface area (Å²) in [6.07, 6.45) is -0.0327. The predicted octanol–water partition coefficient (Wildman–Crippen LogP) is 2.16. The molecule has 0 spiro atoms. The lowest BCUT2D eigenvalue weighted by molar-refractivity contribution is -0.142. The molecule has 6 nitrogen and oxygen atoms in total. The molecule has 2 rings (SSSR count). The van der Waals surface area contributed by atoms with Crippen LogP contribution in [0.1, 0.15) is 18.4 Å². The first-order valence-corrected chi connectivity index (χ1v) is 6.27. The molecule has 0 radical (unpaired) electrons. The highest BCUT2D eigenvalue weighted by molar-refractivity contribution is 5.71. The first kappa shape index (κ1) is 14.0. The molecule has 0 aliphatic heterocycles. The average molecular weight is 276 g/mol. The molecule has 0 unspecified atom stereocenters. The number of methoxy groups -OCH3 is 1. The Bertz CT molecular complexity index is 607. The highest BCUT2D eigenvalue weighted by atomic mass is 16.5. The van der Waals surface area contributed by atoms with Gasteiger partial charge in [0.15, 0.2) is 0 Å². The van der Waals surface area contributed by atoms with Gasteiger partial charge in [-0.25, -0.2) is 0 Å². The van der Waals surface area contributed by atoms with Gasteiger partial charge in [-0.2, -0.15) is 4.98 Å². The number of esters is 1. The fourth-order valence-corrected chi connectivity index (χ4v) is 1.75. The lowest BCUT2D eigenvalue weighted by atomic mass is 10.1. The molecule has 106 valence electrons. The third kappa shape index (κ3) is 3.14. The molecule has 1 aromatic carbocycles. The number of aryl methyl sites for hydroxylation is 1. The number of benzene rings is 1. The van der Waals surface area contributed by atoms with E-state index < -0.39 is 5.97 Å². The Morgan fingerprint density at radius 2 is 2.20 bits per heavy atom. The Morgan fingerprint density at radius 1 is 1.40 bits per heavy atom. The third-order valence-corrected chi connectivity index (χ3v) is 2.67. The van der Waals surface area contributed by atoms with Crippen molar-refractivity contribution in [1.29, 1.82) is 0 Å². The molecule has 0 bridgehead atoms. The van der Waals surface area contributed by atoms with E-state index in [1.807, 2.05) is 25.1 Å². The molecule has 6 heteroatoms. The number of carbonyl (C=O) groups excluding carboxylic acids is 1. The molecule has 0 fully saturated rings. The molecular weight excluding hydrogens is 260 g/mol. The van der Waals surface area contributed by atoms with Crippen molar-refractivity contribution in [3.05, 3.63) is 29.7 Å². The van der Waals surface area contributed by atoms with Crippen LogP contribution in [0.2, 0.25) is 0 Å². The topological polar surface area (TPSA) is 74.5 Å². The first-order valence-electron chi connectivity index (χ1n) is 6.27. The largest absolute Gasteiger partial charge is 0.496 e. The van der Waals surface area contributed by atoms with Gasteiger partial charge in [-0.15, -0.1) is 0 Å². The second-order valence-electron chi connectivity index (χ2n) is 4.20. The average Bonchev–Trinajstić information content (AvgIpc) is 2.87. The molecule has 0 saturated heterocycles. The van der Waals surface area contributed by atoms with E-state index in [1.165, 1.54) is 0 Å². The van der Waals surface area contributed by atoms with Crippen LogP contribution in [0.15, 0.2) is 22.7 Å². The van der Waals surface area contributed by atoms with Crippen molar-refractivity contribution in [2.75, 3.05) is 13.7 Å². The number of aromatic nitrogens is 2. The van der Waals surface area contributed by atoms with Crippen molar-refractivity contribution in [1.82, 2.24) is 10.1 Å². The highest BCUT2D eigenvalue weighted by Crippen LogP contribution is 2.28. The quantitative estimate of drug-likeness (QED) is 0.779. The fraction of sp³-hybridized carbons (Fsp3) is 0.357. The zero-order valence-corrected chi connectivity index (χ0v) is 11.7. The van der Waals surface area contributed by atoms with Crippen molar-refractivity contribution in [2.24, 2.45) is 0 Å². The van der Waals surface area contributed by atoms with Crippen LogP contribution in [0.5, 0.6) is 5.75 Å². The summed E-state index contributed by atoms with van der Waals surface area (Å²) < 4.78 is 15.2. The molecule has 2 aromatic rings. The van der Waals surface area contributed by atoms with Crippen molar-refractivity contribution in [3.63, 3.8) is 0 Å². The maximum absolute atomic E-state index is 11.4. The summed E-state index contributed by atoms with van der Waals surface area (Å²) in [4.78, 5) is 15.5. The van der Waals surface area contributed by atoms with Gasteiger partial charge in [-0.05, 0) is 31.5 Å². The van der Waals surface area contributed by atoms with E-state index in [2.05, 4.69) is 10.1 Å². The second-order valence-corrected chi connectivity index (χ2v) is 4.20. The lowest BCUT2D eigenvalue weighted by Gasteiger charge is -2.05. The van der Waals surface area contributed by atoms with Crippen LogP contribution in [0, 0.1) is 6.92 Å². The van der Waals surface area contributed by atoms with Gasteiger partial charge in [-0.3, -0.25) is 4.79 Å². The molecule has 0 saturated carbocycles. The highest BCUT2D eigenvalue weighted by Gasteiger charge is 2.16. The Hall–Kier alpha value is -2.37. The number of rotatable bonds is 5. The van der Waals surface area contributed by atoms with Gasteiger partial charge >= 0.3 is 5.97 Å². The first-order chi connectivity index (χ1) is 9.63. The maximum Gasteiger partial charge on any atom is 0.315 e. The number of nitrogens with zero attached hydrogens (tertiary/aromatic N) is 2. The van der Waals surface area contributed by atoms with Crippen LogP contribution in [-0.2, 0) is 16.0 Å². The van der Waals surface area contributed by atoms with Gasteiger partial charge in [0.05, 0.1) is 19.3 Å². The van der Waals surface area contributed by atoms with E-state index in [4.69, 9.17) is 14.0 Å². The summed E-state index contributed by atoms with van der Waals surface area (Å²) in [6, 6.07) is 5.67. The van der Waals surface area contributed by atoms with E-state index in [-0.39, 0.29) is 12.3 Å². The molecule has 1 heterocycles. The minimum Gasteiger partial charge on any atom is -0.496 e. The third-order valence-electron chi connectivity index (χ3n) is 2.67. The van der Waals surface area contributed by atoms with Crippen molar-refractivity contribution in [3.8, 4) is 17.1 Å². The van der Waals surface area contributed by atoms with Crippen LogP contribution in [0.4, 0.5) is 0 Å². The Labute approximate surface area is 116 Å². The van der Waals surface area contributed by atoms with Gasteiger partial charge in [-0.1, -0.05) is 11.2 Å². The molecule has 20 heavy (non-hydrogen) atoms. The van der Waals surface area contributed by atoms with Crippen LogP contribution in [0.3, 0.4) is 0 Å². The molecule has 0 N–H and O–H groups in total. The van der Waals surface area contributed by atoms with Crippen molar-refractivity contribution < 1.29 is 18.8 Å². The predicted molar refractivity (Wildman–Crippen MR) is 71.4 cm³/mol. The SMILES string of the molecule is CCOC(=O)Cc1nc(-c2ccc(C)cc2OC)no1. The monoisotopic (exact) mass is 276 g/mol.